The van der Waals surface area contributed by atoms with Crippen LogP contribution in [0.25, 0.3) is 5.65 Å². The molecule has 194 valence electrons. The van der Waals surface area contributed by atoms with Gasteiger partial charge in [-0.2, -0.15) is 20.2 Å². The molecule has 1 saturated heterocycles. The maximum Gasteiger partial charge on any atom is 0.157 e. The van der Waals surface area contributed by atoms with E-state index in [0.717, 1.165) is 55.3 Å². The van der Waals surface area contributed by atoms with Gasteiger partial charge in [-0.1, -0.05) is 39.3 Å². The van der Waals surface area contributed by atoms with Gasteiger partial charge in [0.1, 0.15) is 19.3 Å². The molecule has 2 N–H and O–H groups in total. The summed E-state index contributed by atoms with van der Waals surface area (Å²) in [4.78, 5) is 6.96. The van der Waals surface area contributed by atoms with Crippen molar-refractivity contribution in [2.24, 2.45) is 0 Å². The van der Waals surface area contributed by atoms with Gasteiger partial charge in [0, 0.05) is 64.6 Å². The van der Waals surface area contributed by atoms with Gasteiger partial charge in [0.15, 0.2) is 5.65 Å². The second-order valence-electron chi connectivity index (χ2n) is 11.9. The number of fused-ring (bicyclic) bond motifs is 1. The highest BCUT2D eigenvalue weighted by Gasteiger charge is 2.27. The van der Waals surface area contributed by atoms with Crippen molar-refractivity contribution in [3.8, 4) is 0 Å². The van der Waals surface area contributed by atoms with Crippen LogP contribution in [0.15, 0.2) is 18.3 Å². The lowest BCUT2D eigenvalue weighted by molar-refractivity contribution is 0.0942. The van der Waals surface area contributed by atoms with E-state index in [9.17, 15) is 9.11 Å². The fourth-order valence-corrected chi connectivity index (χ4v) is 6.87. The molecule has 0 saturated carbocycles. The van der Waals surface area contributed by atoms with Gasteiger partial charge in [-0.3, -0.25) is 9.11 Å². The molecule has 0 amide bonds. The van der Waals surface area contributed by atoms with Crippen molar-refractivity contribution >= 4 is 38.2 Å². The molecule has 0 bridgehead atoms. The highest BCUT2D eigenvalue weighted by Crippen LogP contribution is 2.48. The van der Waals surface area contributed by atoms with Gasteiger partial charge in [-0.15, -0.1) is 0 Å². The lowest BCUT2D eigenvalue weighted by Crippen LogP contribution is -2.33. The zero-order valence-corrected chi connectivity index (χ0v) is 24.6. The van der Waals surface area contributed by atoms with E-state index < -0.39 is 26.7 Å². The minimum Gasteiger partial charge on any atom is -0.361 e. The predicted molar refractivity (Wildman–Crippen MR) is 148 cm³/mol. The van der Waals surface area contributed by atoms with Crippen molar-refractivity contribution in [3.63, 3.8) is 0 Å². The van der Waals surface area contributed by atoms with Gasteiger partial charge in [0.05, 0.1) is 6.20 Å². The van der Waals surface area contributed by atoms with Crippen molar-refractivity contribution < 1.29 is 18.6 Å². The summed E-state index contributed by atoms with van der Waals surface area (Å²) in [5.74, 6) is 2.01. The molecule has 11 heteroatoms. The predicted octanol–water partition coefficient (Wildman–Crippen LogP) is 5.79. The minimum atomic E-state index is -2.43. The van der Waals surface area contributed by atoms with Gasteiger partial charge < -0.3 is 14.4 Å². The summed E-state index contributed by atoms with van der Waals surface area (Å²) in [6.45, 7) is 16.5. The first-order valence-corrected chi connectivity index (χ1v) is 21.6. The Labute approximate surface area is 208 Å². The summed E-state index contributed by atoms with van der Waals surface area (Å²) < 4.78 is 34.2. The quantitative estimate of drug-likeness (QED) is 0.205. The smallest absolute Gasteiger partial charge is 0.157 e. The first-order chi connectivity index (χ1) is 15.8. The van der Waals surface area contributed by atoms with E-state index in [1.165, 1.54) is 0 Å². The van der Waals surface area contributed by atoms with Crippen LogP contribution in [-0.2, 0) is 9.47 Å². The first-order valence-electron chi connectivity index (χ1n) is 12.3. The maximum atomic E-state index is 10.0. The van der Waals surface area contributed by atoms with Crippen molar-refractivity contribution in [2.75, 3.05) is 43.1 Å². The summed E-state index contributed by atoms with van der Waals surface area (Å²) in [5, 5.41) is 4.52. The molecule has 0 radical (unpaired) electrons. The number of rotatable bonds is 12. The topological polar surface area (TPSA) is 92.4 Å². The average molecular weight is 529 g/mol. The molecule has 1 aliphatic rings. The lowest BCUT2D eigenvalue weighted by Gasteiger charge is -2.39. The fraction of sp³-hybridized carbons (Fsp3) is 0.739. The summed E-state index contributed by atoms with van der Waals surface area (Å²) >= 11 is 0. The third kappa shape index (κ3) is 8.61. The van der Waals surface area contributed by atoms with E-state index in [1.807, 2.05) is 10.6 Å². The maximum absolute atomic E-state index is 10.0. The molecule has 2 aromatic rings. The SMILES string of the molecule is C[Si](C)(C)CCOCN(COCC[Si](C)(C)C)c1cc(C2CCS(O)(O)CC2)nc2ccnn12. The summed E-state index contributed by atoms with van der Waals surface area (Å²) in [6.07, 6.45) is 3.24. The van der Waals surface area contributed by atoms with Gasteiger partial charge in [0.2, 0.25) is 0 Å². The normalized spacial score (nSPS) is 18.4. The Morgan fingerprint density at radius 2 is 1.56 bits per heavy atom. The summed E-state index contributed by atoms with van der Waals surface area (Å²) in [6, 6.07) is 6.24. The molecule has 2 aromatic heterocycles. The van der Waals surface area contributed by atoms with Crippen molar-refractivity contribution in [1.82, 2.24) is 14.6 Å². The molecule has 0 unspecified atom stereocenters. The largest absolute Gasteiger partial charge is 0.361 e. The Bertz CT molecular complexity index is 898. The molecule has 1 fully saturated rings. The zero-order chi connectivity index (χ0) is 25.0. The average Bonchev–Trinajstić information content (AvgIpc) is 3.19. The third-order valence-electron chi connectivity index (χ3n) is 6.18. The first kappa shape index (κ1) is 27.6. The van der Waals surface area contributed by atoms with E-state index >= 15 is 0 Å². The molecule has 0 aliphatic carbocycles. The van der Waals surface area contributed by atoms with Gasteiger partial charge in [-0.25, -0.2) is 4.98 Å². The molecule has 8 nitrogen and oxygen atoms in total. The monoisotopic (exact) mass is 528 g/mol. The van der Waals surface area contributed by atoms with Gasteiger partial charge in [-0.05, 0) is 24.9 Å². The van der Waals surface area contributed by atoms with Crippen molar-refractivity contribution in [1.29, 1.82) is 0 Å². The number of nitrogens with zero attached hydrogens (tertiary/aromatic N) is 4. The number of aromatic nitrogens is 3. The Balaban J connectivity index is 1.80. The zero-order valence-electron chi connectivity index (χ0n) is 21.8. The molecular formula is C23H44N4O4SSi2. The molecule has 0 atom stereocenters. The second-order valence-corrected chi connectivity index (χ2v) is 25.5. The highest BCUT2D eigenvalue weighted by atomic mass is 32.3. The van der Waals surface area contributed by atoms with Gasteiger partial charge >= 0.3 is 0 Å². The molecular weight excluding hydrogens is 485 g/mol. The molecule has 0 spiro atoms. The van der Waals surface area contributed by atoms with Crippen LogP contribution in [0.1, 0.15) is 24.5 Å². The van der Waals surface area contributed by atoms with Crippen molar-refractivity contribution in [3.05, 3.63) is 24.0 Å². The molecule has 3 rings (SSSR count). The Kier molecular flexibility index (Phi) is 9.26. The van der Waals surface area contributed by atoms with Crippen LogP contribution >= 0.6 is 10.6 Å². The minimum absolute atomic E-state index is 0.209. The van der Waals surface area contributed by atoms with Crippen LogP contribution in [0.2, 0.25) is 51.4 Å². The van der Waals surface area contributed by atoms with Crippen LogP contribution in [0.5, 0.6) is 0 Å². The van der Waals surface area contributed by atoms with Crippen LogP contribution in [0, 0.1) is 0 Å². The van der Waals surface area contributed by atoms with Gasteiger partial charge in [0.25, 0.3) is 0 Å². The number of hydrogen-bond donors (Lipinski definition) is 2. The Hall–Kier alpha value is -0.956. The lowest BCUT2D eigenvalue weighted by atomic mass is 9.98. The second kappa shape index (κ2) is 11.4. The van der Waals surface area contributed by atoms with E-state index in [0.29, 0.717) is 25.0 Å². The molecule has 34 heavy (non-hydrogen) atoms. The van der Waals surface area contributed by atoms with Crippen LogP contribution in [0.3, 0.4) is 0 Å². The van der Waals surface area contributed by atoms with Crippen LogP contribution in [-0.4, -0.2) is 78.0 Å². The van der Waals surface area contributed by atoms with E-state index in [2.05, 4.69) is 55.3 Å². The van der Waals surface area contributed by atoms with Crippen LogP contribution in [0.4, 0.5) is 5.82 Å². The molecule has 1 aliphatic heterocycles. The molecule has 0 aromatic carbocycles. The number of ether oxygens (including phenoxy) is 2. The third-order valence-corrected chi connectivity index (χ3v) is 11.4. The fourth-order valence-electron chi connectivity index (χ4n) is 3.83. The highest BCUT2D eigenvalue weighted by molar-refractivity contribution is 8.24. The van der Waals surface area contributed by atoms with Crippen molar-refractivity contribution in [2.45, 2.75) is 70.1 Å². The number of hydrogen-bond acceptors (Lipinski definition) is 7. The standard InChI is InChI=1S/C23H44N4O4SSi2/c1-33(2,3)15-11-30-18-26(19-31-12-16-34(4,5)6)23-17-21(25-22-7-10-24-27(22)23)20-8-13-32(28,29)14-9-20/h7,10,17,20,28-29H,8-9,11-16,18-19H2,1-6H3. The Morgan fingerprint density at radius 1 is 1.00 bits per heavy atom. The van der Waals surface area contributed by atoms with Crippen LogP contribution < -0.4 is 4.90 Å². The van der Waals surface area contributed by atoms with E-state index in [-0.39, 0.29) is 5.92 Å². The van der Waals surface area contributed by atoms with E-state index in [1.54, 1.807) is 6.20 Å². The summed E-state index contributed by atoms with van der Waals surface area (Å²) in [7, 11) is -4.77. The Morgan fingerprint density at radius 3 is 2.09 bits per heavy atom. The molecule has 3 heterocycles. The number of anilines is 1. The van der Waals surface area contributed by atoms with E-state index in [4.69, 9.17) is 14.5 Å². The summed E-state index contributed by atoms with van der Waals surface area (Å²) in [5.41, 5.74) is 1.77.